The zero-order chi connectivity index (χ0) is 11.5. The number of nitrogens with two attached hydrogens (primary N) is 1. The van der Waals surface area contributed by atoms with Gasteiger partial charge in [-0.1, -0.05) is 30.3 Å². The molecule has 0 aliphatic heterocycles. The minimum Gasteiger partial charge on any atom is -0.480 e. The number of hydrogen-bond donors (Lipinski definition) is 2. The number of alkyl halides is 2. The maximum Gasteiger partial charge on any atom is 0.320 e. The number of rotatable bonds is 4. The summed E-state index contributed by atoms with van der Waals surface area (Å²) in [7, 11) is 0. The van der Waals surface area contributed by atoms with E-state index in [1.54, 1.807) is 6.07 Å². The van der Waals surface area contributed by atoms with Crippen LogP contribution in [0.2, 0.25) is 0 Å². The average molecular weight is 215 g/mol. The molecule has 0 radical (unpaired) electrons. The monoisotopic (exact) mass is 215 g/mol. The van der Waals surface area contributed by atoms with Crippen LogP contribution in [0.1, 0.15) is 12.0 Å². The lowest BCUT2D eigenvalue weighted by Gasteiger charge is -2.18. The molecule has 5 heteroatoms. The van der Waals surface area contributed by atoms with Crippen molar-refractivity contribution in [3.05, 3.63) is 35.9 Å². The van der Waals surface area contributed by atoms with Crippen molar-refractivity contribution in [2.24, 2.45) is 5.73 Å². The average Bonchev–Trinajstić information content (AvgIpc) is 2.18. The molecule has 3 nitrogen and oxygen atoms in total. The lowest BCUT2D eigenvalue weighted by Crippen LogP contribution is -2.35. The number of hydrogen-bond acceptors (Lipinski definition) is 2. The van der Waals surface area contributed by atoms with Crippen LogP contribution in [-0.2, 0) is 10.7 Å². The Morgan fingerprint density at radius 2 is 1.93 bits per heavy atom. The molecule has 1 atom stereocenters. The van der Waals surface area contributed by atoms with Crippen LogP contribution in [0.3, 0.4) is 0 Å². The molecule has 0 heterocycles. The predicted molar refractivity (Wildman–Crippen MR) is 50.6 cm³/mol. The van der Waals surface area contributed by atoms with Gasteiger partial charge in [-0.05, 0) is 0 Å². The summed E-state index contributed by atoms with van der Waals surface area (Å²) in [6.07, 6.45) is -0.896. The van der Waals surface area contributed by atoms with Gasteiger partial charge in [0.25, 0.3) is 5.92 Å². The van der Waals surface area contributed by atoms with Crippen LogP contribution in [-0.4, -0.2) is 17.1 Å². The largest absolute Gasteiger partial charge is 0.480 e. The lowest BCUT2D eigenvalue weighted by molar-refractivity contribution is -0.141. The van der Waals surface area contributed by atoms with Crippen LogP contribution in [0.4, 0.5) is 8.78 Å². The van der Waals surface area contributed by atoms with Gasteiger partial charge in [0, 0.05) is 12.0 Å². The summed E-state index contributed by atoms with van der Waals surface area (Å²) < 4.78 is 26.8. The molecular weight excluding hydrogens is 204 g/mol. The molecule has 0 aliphatic carbocycles. The first-order valence-corrected chi connectivity index (χ1v) is 4.35. The van der Waals surface area contributed by atoms with Crippen molar-refractivity contribution in [2.75, 3.05) is 0 Å². The third-order valence-electron chi connectivity index (χ3n) is 1.99. The van der Waals surface area contributed by atoms with E-state index in [0.717, 1.165) is 0 Å². The smallest absolute Gasteiger partial charge is 0.320 e. The minimum atomic E-state index is -3.21. The SMILES string of the molecule is NC(CC(F)(F)c1ccccc1)C(=O)O. The Balaban J connectivity index is 2.80. The highest BCUT2D eigenvalue weighted by Crippen LogP contribution is 2.32. The fourth-order valence-electron chi connectivity index (χ4n) is 1.16. The second kappa shape index (κ2) is 4.35. The van der Waals surface area contributed by atoms with Gasteiger partial charge in [-0.15, -0.1) is 0 Å². The van der Waals surface area contributed by atoms with E-state index in [1.807, 2.05) is 0 Å². The first-order chi connectivity index (χ1) is 6.93. The van der Waals surface area contributed by atoms with Gasteiger partial charge in [0.05, 0.1) is 0 Å². The number of benzene rings is 1. The Morgan fingerprint density at radius 3 is 2.40 bits per heavy atom. The van der Waals surface area contributed by atoms with Crippen molar-refractivity contribution >= 4 is 5.97 Å². The third-order valence-corrected chi connectivity index (χ3v) is 1.99. The van der Waals surface area contributed by atoms with E-state index in [-0.39, 0.29) is 5.56 Å². The molecule has 15 heavy (non-hydrogen) atoms. The summed E-state index contributed by atoms with van der Waals surface area (Å²) in [6, 6.07) is 5.48. The van der Waals surface area contributed by atoms with Crippen molar-refractivity contribution in [1.82, 2.24) is 0 Å². The van der Waals surface area contributed by atoms with E-state index in [2.05, 4.69) is 0 Å². The van der Waals surface area contributed by atoms with Gasteiger partial charge in [0.15, 0.2) is 0 Å². The summed E-state index contributed by atoms with van der Waals surface area (Å²) >= 11 is 0. The lowest BCUT2D eigenvalue weighted by atomic mass is 10.0. The predicted octanol–water partition coefficient (Wildman–Crippen LogP) is 1.58. The van der Waals surface area contributed by atoms with Gasteiger partial charge in [0.1, 0.15) is 6.04 Å². The van der Waals surface area contributed by atoms with E-state index in [9.17, 15) is 13.6 Å². The normalized spacial score (nSPS) is 13.5. The zero-order valence-corrected chi connectivity index (χ0v) is 7.86. The third kappa shape index (κ3) is 2.99. The second-order valence-corrected chi connectivity index (χ2v) is 3.22. The maximum atomic E-state index is 13.4. The highest BCUT2D eigenvalue weighted by atomic mass is 19.3. The molecule has 0 fully saturated rings. The summed E-state index contributed by atoms with van der Waals surface area (Å²) in [5.41, 5.74) is 4.84. The number of carboxylic acid groups (broad SMARTS) is 1. The fourth-order valence-corrected chi connectivity index (χ4v) is 1.16. The molecule has 3 N–H and O–H groups in total. The first kappa shape index (κ1) is 11.6. The summed E-state index contributed by atoms with van der Waals surface area (Å²) in [6.45, 7) is 0. The van der Waals surface area contributed by atoms with Crippen LogP contribution in [0.5, 0.6) is 0 Å². The molecule has 1 aromatic rings. The van der Waals surface area contributed by atoms with Gasteiger partial charge in [-0.2, -0.15) is 0 Å². The Bertz CT molecular complexity index is 341. The quantitative estimate of drug-likeness (QED) is 0.801. The molecule has 0 bridgehead atoms. The number of carbonyl (C=O) groups is 1. The number of halogens is 2. The van der Waals surface area contributed by atoms with Crippen LogP contribution < -0.4 is 5.73 Å². The van der Waals surface area contributed by atoms with Crippen LogP contribution in [0.25, 0.3) is 0 Å². The van der Waals surface area contributed by atoms with Crippen molar-refractivity contribution in [3.8, 4) is 0 Å². The van der Waals surface area contributed by atoms with Gasteiger partial charge < -0.3 is 10.8 Å². The molecule has 82 valence electrons. The van der Waals surface area contributed by atoms with Crippen molar-refractivity contribution < 1.29 is 18.7 Å². The molecule has 0 spiro atoms. The minimum absolute atomic E-state index is 0.221. The van der Waals surface area contributed by atoms with Gasteiger partial charge in [0.2, 0.25) is 0 Å². The van der Waals surface area contributed by atoms with E-state index in [1.165, 1.54) is 24.3 Å². The van der Waals surface area contributed by atoms with Gasteiger partial charge in [-0.25, -0.2) is 8.78 Å². The number of carboxylic acids is 1. The molecule has 0 saturated carbocycles. The Kier molecular flexibility index (Phi) is 3.36. The summed E-state index contributed by atoms with van der Waals surface area (Å²) in [4.78, 5) is 10.3. The summed E-state index contributed by atoms with van der Waals surface area (Å²) in [5.74, 6) is -4.63. The number of aliphatic carboxylic acids is 1. The topological polar surface area (TPSA) is 63.3 Å². The molecule has 0 saturated heterocycles. The van der Waals surface area contributed by atoms with Crippen molar-refractivity contribution in [2.45, 2.75) is 18.4 Å². The van der Waals surface area contributed by atoms with Crippen LogP contribution in [0.15, 0.2) is 30.3 Å². The van der Waals surface area contributed by atoms with Gasteiger partial charge >= 0.3 is 5.97 Å². The Labute approximate surface area is 85.5 Å². The van der Waals surface area contributed by atoms with E-state index in [4.69, 9.17) is 10.8 Å². The van der Waals surface area contributed by atoms with Gasteiger partial charge in [-0.3, -0.25) is 4.79 Å². The Hall–Kier alpha value is -1.49. The molecule has 0 aliphatic rings. The van der Waals surface area contributed by atoms with E-state index >= 15 is 0 Å². The highest BCUT2D eigenvalue weighted by Gasteiger charge is 2.35. The molecular formula is C10H11F2NO2. The first-order valence-electron chi connectivity index (χ1n) is 4.35. The van der Waals surface area contributed by atoms with E-state index in [0.29, 0.717) is 0 Å². The molecule has 0 amide bonds. The summed E-state index contributed by atoms with van der Waals surface area (Å²) in [5, 5.41) is 8.43. The standard InChI is InChI=1S/C10H11F2NO2/c11-10(12,6-8(13)9(14)15)7-4-2-1-3-5-7/h1-5,8H,6,13H2,(H,14,15). The van der Waals surface area contributed by atoms with Crippen LogP contribution in [0, 0.1) is 0 Å². The second-order valence-electron chi connectivity index (χ2n) is 3.22. The maximum absolute atomic E-state index is 13.4. The van der Waals surface area contributed by atoms with Crippen molar-refractivity contribution in [1.29, 1.82) is 0 Å². The zero-order valence-electron chi connectivity index (χ0n) is 7.86. The molecule has 1 aromatic carbocycles. The molecule has 0 aromatic heterocycles. The molecule has 1 unspecified atom stereocenters. The fraction of sp³-hybridized carbons (Fsp3) is 0.300. The Morgan fingerprint density at radius 1 is 1.40 bits per heavy atom. The molecule has 1 rings (SSSR count). The van der Waals surface area contributed by atoms with Crippen LogP contribution >= 0.6 is 0 Å². The van der Waals surface area contributed by atoms with E-state index < -0.39 is 24.4 Å². The van der Waals surface area contributed by atoms with Crippen molar-refractivity contribution in [3.63, 3.8) is 0 Å². The highest BCUT2D eigenvalue weighted by molar-refractivity contribution is 5.73.